The minimum atomic E-state index is -1.85. The smallest absolute Gasteiger partial charge is 0.187 e. The second kappa shape index (κ2) is 17.8. The Labute approximate surface area is 368 Å². The van der Waals surface area contributed by atoms with E-state index in [4.69, 9.17) is 37.9 Å². The molecule has 63 heavy (non-hydrogen) atoms. The average Bonchev–Trinajstić information content (AvgIpc) is 3.72. The van der Waals surface area contributed by atoms with Crippen LogP contribution in [0.2, 0.25) is 0 Å². The maximum atomic E-state index is 11.6. The van der Waals surface area contributed by atoms with Gasteiger partial charge in [0.25, 0.3) is 0 Å². The van der Waals surface area contributed by atoms with E-state index in [1.165, 1.54) is 12.5 Å². The Morgan fingerprint density at radius 1 is 0.667 bits per heavy atom. The zero-order chi connectivity index (χ0) is 44.9. The molecule has 5 saturated heterocycles. The van der Waals surface area contributed by atoms with Crippen molar-refractivity contribution in [1.29, 1.82) is 0 Å². The molecule has 18 nitrogen and oxygen atoms in total. The summed E-state index contributed by atoms with van der Waals surface area (Å²) in [5.41, 5.74) is 1.36. The molecule has 9 aliphatic rings. The molecule has 0 radical (unpaired) electrons. The van der Waals surface area contributed by atoms with Crippen LogP contribution in [0.4, 0.5) is 0 Å². The first-order valence-corrected chi connectivity index (χ1v) is 23.5. The average molecular weight is 901 g/mol. The summed E-state index contributed by atoms with van der Waals surface area (Å²) in [5, 5.41) is 106. The molecule has 5 aliphatic heterocycles. The molecular weight excluding hydrogens is 828 g/mol. The summed E-state index contributed by atoms with van der Waals surface area (Å²) in [6.07, 6.45) is -13.2. The summed E-state index contributed by atoms with van der Waals surface area (Å²) in [5.74, 6) is 1.77. The zero-order valence-electron chi connectivity index (χ0n) is 36.8. The van der Waals surface area contributed by atoms with E-state index in [1.54, 1.807) is 0 Å². The highest BCUT2D eigenvalue weighted by molar-refractivity contribution is 5.26. The van der Waals surface area contributed by atoms with Gasteiger partial charge in [-0.2, -0.15) is 0 Å². The van der Waals surface area contributed by atoms with Crippen molar-refractivity contribution < 1.29 is 89.0 Å². The van der Waals surface area contributed by atoms with Crippen molar-refractivity contribution in [3.8, 4) is 0 Å². The molecule has 3 saturated carbocycles. The summed E-state index contributed by atoms with van der Waals surface area (Å²) in [6.45, 7) is 7.95. The Hall–Kier alpha value is -0.980. The molecule has 18 heteroatoms. The van der Waals surface area contributed by atoms with Gasteiger partial charge in [-0.3, -0.25) is 0 Å². The van der Waals surface area contributed by atoms with Crippen LogP contribution in [0.5, 0.6) is 0 Å². The number of aliphatic hydroxyl groups is 10. The monoisotopic (exact) mass is 900 g/mol. The van der Waals surface area contributed by atoms with Gasteiger partial charge in [-0.1, -0.05) is 32.4 Å². The lowest BCUT2D eigenvalue weighted by atomic mass is 9.47. The molecule has 0 bridgehead atoms. The Morgan fingerprint density at radius 2 is 1.33 bits per heavy atom. The van der Waals surface area contributed by atoms with Crippen molar-refractivity contribution in [2.24, 2.45) is 46.3 Å². The molecule has 1 spiro atoms. The maximum Gasteiger partial charge on any atom is 0.187 e. The second-order valence-corrected chi connectivity index (χ2v) is 21.0. The predicted molar refractivity (Wildman–Crippen MR) is 216 cm³/mol. The fraction of sp³-hybridized carbons (Fsp3) is 0.956. The number of hydrogen-bond acceptors (Lipinski definition) is 18. The SMILES string of the molecule is CC1OC(OC2C(OC3CCC4(C)C(=CCC5C4CCC4(C)C5CC5OC6(CCC(CO)CO6)C(C)C54)C3)OC(CO)C(O)C2OC2OC(CO)C(O)C(O)C2O)C(O)C(O)C1O. The van der Waals surface area contributed by atoms with Crippen LogP contribution in [0, 0.1) is 46.3 Å². The Morgan fingerprint density at radius 3 is 2.02 bits per heavy atom. The fourth-order valence-electron chi connectivity index (χ4n) is 14.1. The molecule has 8 fully saturated rings. The largest absolute Gasteiger partial charge is 0.396 e. The maximum absolute atomic E-state index is 11.6. The number of aliphatic hydroxyl groups excluding tert-OH is 10. The zero-order valence-corrected chi connectivity index (χ0v) is 36.8. The van der Waals surface area contributed by atoms with Crippen molar-refractivity contribution >= 4 is 0 Å². The predicted octanol–water partition coefficient (Wildman–Crippen LogP) is -0.813. The second-order valence-electron chi connectivity index (χ2n) is 21.0. The van der Waals surface area contributed by atoms with E-state index in [-0.39, 0.29) is 35.4 Å². The van der Waals surface area contributed by atoms with Crippen LogP contribution >= 0.6 is 0 Å². The van der Waals surface area contributed by atoms with Gasteiger partial charge < -0.3 is 89.0 Å². The van der Waals surface area contributed by atoms with Crippen molar-refractivity contribution in [3.05, 3.63) is 11.6 Å². The first-order valence-electron chi connectivity index (χ1n) is 23.5. The molecule has 9 rings (SSSR count). The van der Waals surface area contributed by atoms with Gasteiger partial charge in [0.2, 0.25) is 0 Å². The van der Waals surface area contributed by atoms with Gasteiger partial charge >= 0.3 is 0 Å². The summed E-state index contributed by atoms with van der Waals surface area (Å²) in [4.78, 5) is 0. The molecule has 10 N–H and O–H groups in total. The van der Waals surface area contributed by atoms with Gasteiger partial charge in [-0.25, -0.2) is 0 Å². The molecule has 26 atom stereocenters. The summed E-state index contributed by atoms with van der Waals surface area (Å²) < 4.78 is 50.1. The van der Waals surface area contributed by atoms with E-state index in [0.29, 0.717) is 43.1 Å². The first-order chi connectivity index (χ1) is 30.0. The van der Waals surface area contributed by atoms with E-state index in [9.17, 15) is 51.1 Å². The summed E-state index contributed by atoms with van der Waals surface area (Å²) >= 11 is 0. The highest BCUT2D eigenvalue weighted by atomic mass is 16.8. The van der Waals surface area contributed by atoms with Crippen LogP contribution < -0.4 is 0 Å². The number of fused-ring (bicyclic) bond motifs is 7. The lowest BCUT2D eigenvalue weighted by Gasteiger charge is -2.59. The topological polar surface area (TPSA) is 276 Å². The minimum Gasteiger partial charge on any atom is -0.396 e. The molecule has 0 aromatic carbocycles. The standard InChI is InChI=1S/C45H72O18/c1-19-30-27(63-45(19)12-7-21(15-46)18-56-45)14-26-24-6-5-22-13-23(8-10-43(22,3)25(24)9-11-44(26,30)4)58-42-39(62-40-36(54)34(52)31(49)20(2)57-40)38(33(51)29(17-48)60-42)61-41-37(55)35(53)32(50)28(16-47)59-41/h5,19-21,23-42,46-55H,6-18H2,1-4H3. The van der Waals surface area contributed by atoms with Gasteiger partial charge in [-0.15, -0.1) is 0 Å². The lowest BCUT2D eigenvalue weighted by molar-refractivity contribution is -0.394. The molecule has 0 aromatic heterocycles. The summed E-state index contributed by atoms with van der Waals surface area (Å²) in [6, 6.07) is 0. The third-order valence-electron chi connectivity index (χ3n) is 17.8. The quantitative estimate of drug-likeness (QED) is 0.127. The number of rotatable bonds is 9. The van der Waals surface area contributed by atoms with Crippen molar-refractivity contribution in [2.75, 3.05) is 26.4 Å². The van der Waals surface area contributed by atoms with Crippen LogP contribution in [0.1, 0.15) is 85.5 Å². The van der Waals surface area contributed by atoms with Crippen LogP contribution in [-0.2, 0) is 37.9 Å². The number of hydrogen-bond donors (Lipinski definition) is 10. The van der Waals surface area contributed by atoms with Crippen molar-refractivity contribution in [2.45, 2.75) is 196 Å². The normalized spacial score (nSPS) is 56.9. The highest BCUT2D eigenvalue weighted by Crippen LogP contribution is 2.70. The molecule has 0 aromatic rings. The van der Waals surface area contributed by atoms with E-state index < -0.39 is 117 Å². The molecule has 26 unspecified atom stereocenters. The van der Waals surface area contributed by atoms with Crippen LogP contribution in [0.15, 0.2) is 11.6 Å². The molecule has 5 heterocycles. The first kappa shape index (κ1) is 47.1. The van der Waals surface area contributed by atoms with Gasteiger partial charge in [0.15, 0.2) is 24.7 Å². The summed E-state index contributed by atoms with van der Waals surface area (Å²) in [7, 11) is 0. The van der Waals surface area contributed by atoms with Crippen LogP contribution in [0.25, 0.3) is 0 Å². The molecular formula is C45H72O18. The number of allylic oxidation sites excluding steroid dienone is 1. The Kier molecular flexibility index (Phi) is 13.3. The Balaban J connectivity index is 0.934. The Bertz CT molecular complexity index is 1630. The highest BCUT2D eigenvalue weighted by Gasteiger charge is 2.69. The van der Waals surface area contributed by atoms with Gasteiger partial charge in [0.05, 0.1) is 38.1 Å². The van der Waals surface area contributed by atoms with Gasteiger partial charge in [-0.05, 0) is 92.8 Å². The van der Waals surface area contributed by atoms with Gasteiger partial charge in [0, 0.05) is 24.9 Å². The van der Waals surface area contributed by atoms with Gasteiger partial charge in [0.1, 0.15) is 67.1 Å². The minimum absolute atomic E-state index is 0.0731. The van der Waals surface area contributed by atoms with Crippen LogP contribution in [-0.4, -0.2) is 188 Å². The van der Waals surface area contributed by atoms with E-state index in [2.05, 4.69) is 26.8 Å². The number of ether oxygens (including phenoxy) is 8. The lowest BCUT2D eigenvalue weighted by Crippen LogP contribution is -2.67. The van der Waals surface area contributed by atoms with Crippen molar-refractivity contribution in [1.82, 2.24) is 0 Å². The van der Waals surface area contributed by atoms with E-state index >= 15 is 0 Å². The van der Waals surface area contributed by atoms with E-state index in [1.807, 2.05) is 0 Å². The fourth-order valence-corrected chi connectivity index (χ4v) is 14.1. The molecule has 0 amide bonds. The van der Waals surface area contributed by atoms with E-state index in [0.717, 1.165) is 44.9 Å². The third-order valence-corrected chi connectivity index (χ3v) is 17.8. The molecule has 4 aliphatic carbocycles. The van der Waals surface area contributed by atoms with Crippen LogP contribution in [0.3, 0.4) is 0 Å². The van der Waals surface area contributed by atoms with Crippen molar-refractivity contribution in [3.63, 3.8) is 0 Å². The molecule has 360 valence electrons. The third kappa shape index (κ3) is 7.81.